The number of aryl methyl sites for hydroxylation is 1. The van der Waals surface area contributed by atoms with E-state index >= 15 is 0 Å². The molecule has 0 amide bonds. The number of rotatable bonds is 4. The van der Waals surface area contributed by atoms with Crippen molar-refractivity contribution in [2.24, 2.45) is 5.92 Å². The molecule has 0 aliphatic carbocycles. The molecule has 0 saturated carbocycles. The van der Waals surface area contributed by atoms with Crippen LogP contribution in [0.2, 0.25) is 0 Å². The van der Waals surface area contributed by atoms with Gasteiger partial charge < -0.3 is 5.32 Å². The maximum Gasteiger partial charge on any atom is 0.243 e. The van der Waals surface area contributed by atoms with E-state index in [1.807, 2.05) is 20.0 Å². The molecule has 20 heavy (non-hydrogen) atoms. The molecule has 4 nitrogen and oxygen atoms in total. The first-order valence-corrected chi connectivity index (χ1v) is 8.58. The number of nitrogens with one attached hydrogen (secondary N) is 1. The zero-order valence-corrected chi connectivity index (χ0v) is 14.8. The summed E-state index contributed by atoms with van der Waals surface area (Å²) in [6.07, 6.45) is 0.924. The van der Waals surface area contributed by atoms with Crippen LogP contribution in [0.5, 0.6) is 0 Å². The second-order valence-electron chi connectivity index (χ2n) is 5.04. The van der Waals surface area contributed by atoms with Crippen molar-refractivity contribution in [3.05, 3.63) is 28.2 Å². The average molecular weight is 384 g/mol. The molecule has 114 valence electrons. The molecule has 1 saturated heterocycles. The fraction of sp³-hybridized carbons (Fsp3) is 0.538. The standard InChI is InChI=1S/C13H19BrN2O2S.ClH/c1-10-5-12(14)7-13(6-10)19(17,18)16-4-3-11(9-16)8-15-2;/h5-7,11,15H,3-4,8-9H2,1-2H3;1H. The van der Waals surface area contributed by atoms with Crippen LogP contribution in [0.15, 0.2) is 27.6 Å². The summed E-state index contributed by atoms with van der Waals surface area (Å²) in [5, 5.41) is 3.11. The van der Waals surface area contributed by atoms with E-state index in [0.717, 1.165) is 23.0 Å². The first-order valence-electron chi connectivity index (χ1n) is 6.35. The fourth-order valence-electron chi connectivity index (χ4n) is 2.47. The predicted octanol–water partition coefficient (Wildman–Crippen LogP) is 2.41. The SMILES string of the molecule is CNCC1CCN(S(=O)(=O)c2cc(C)cc(Br)c2)C1.Cl. The quantitative estimate of drug-likeness (QED) is 0.868. The van der Waals surface area contributed by atoms with Crippen LogP contribution in [-0.4, -0.2) is 39.4 Å². The normalized spacial score (nSPS) is 19.9. The Kier molecular flexibility index (Phi) is 6.47. The molecule has 1 aromatic carbocycles. The van der Waals surface area contributed by atoms with Gasteiger partial charge in [0.2, 0.25) is 10.0 Å². The van der Waals surface area contributed by atoms with Crippen LogP contribution < -0.4 is 5.32 Å². The zero-order valence-electron chi connectivity index (χ0n) is 11.6. The van der Waals surface area contributed by atoms with Gasteiger partial charge in [0.1, 0.15) is 0 Å². The molecule has 1 atom stereocenters. The lowest BCUT2D eigenvalue weighted by atomic mass is 10.1. The van der Waals surface area contributed by atoms with Crippen LogP contribution in [-0.2, 0) is 10.0 Å². The smallest absolute Gasteiger partial charge is 0.243 e. The lowest BCUT2D eigenvalue weighted by Crippen LogP contribution is -2.30. The highest BCUT2D eigenvalue weighted by Crippen LogP contribution is 2.26. The molecule has 1 unspecified atom stereocenters. The summed E-state index contributed by atoms with van der Waals surface area (Å²) in [7, 11) is -1.46. The minimum absolute atomic E-state index is 0. The second-order valence-corrected chi connectivity index (χ2v) is 7.89. The Morgan fingerprint density at radius 3 is 2.70 bits per heavy atom. The molecule has 1 N–H and O–H groups in total. The van der Waals surface area contributed by atoms with E-state index in [-0.39, 0.29) is 12.4 Å². The molecule has 0 radical (unpaired) electrons. The van der Waals surface area contributed by atoms with Gasteiger partial charge in [0.05, 0.1) is 4.90 Å². The summed E-state index contributed by atoms with van der Waals surface area (Å²) in [6, 6.07) is 5.31. The fourth-order valence-corrected chi connectivity index (χ4v) is 4.89. The van der Waals surface area contributed by atoms with Crippen molar-refractivity contribution in [2.45, 2.75) is 18.2 Å². The molecule has 0 aromatic heterocycles. The van der Waals surface area contributed by atoms with Crippen molar-refractivity contribution >= 4 is 38.4 Å². The molecular weight excluding hydrogens is 364 g/mol. The van der Waals surface area contributed by atoms with Gasteiger partial charge >= 0.3 is 0 Å². The summed E-state index contributed by atoms with van der Waals surface area (Å²) in [5.74, 6) is 0.410. The Bertz CT molecular complexity index is 545. The van der Waals surface area contributed by atoms with E-state index in [0.29, 0.717) is 23.9 Å². The monoisotopic (exact) mass is 382 g/mol. The third-order valence-electron chi connectivity index (χ3n) is 3.39. The lowest BCUT2D eigenvalue weighted by Gasteiger charge is -2.17. The van der Waals surface area contributed by atoms with Crippen molar-refractivity contribution in [1.29, 1.82) is 0 Å². The Morgan fingerprint density at radius 2 is 2.10 bits per heavy atom. The Balaban J connectivity index is 0.00000200. The molecule has 7 heteroatoms. The van der Waals surface area contributed by atoms with Crippen molar-refractivity contribution in [1.82, 2.24) is 9.62 Å². The van der Waals surface area contributed by atoms with Crippen molar-refractivity contribution in [2.75, 3.05) is 26.7 Å². The topological polar surface area (TPSA) is 49.4 Å². The first-order chi connectivity index (χ1) is 8.93. The van der Waals surface area contributed by atoms with Gasteiger partial charge in [-0.05, 0) is 56.6 Å². The molecule has 0 bridgehead atoms. The van der Waals surface area contributed by atoms with E-state index in [1.165, 1.54) is 0 Å². The summed E-state index contributed by atoms with van der Waals surface area (Å²) >= 11 is 3.36. The largest absolute Gasteiger partial charge is 0.319 e. The van der Waals surface area contributed by atoms with E-state index in [2.05, 4.69) is 21.2 Å². The van der Waals surface area contributed by atoms with Crippen molar-refractivity contribution in [3.8, 4) is 0 Å². The van der Waals surface area contributed by atoms with E-state index < -0.39 is 10.0 Å². The molecule has 1 aliphatic rings. The average Bonchev–Trinajstić information content (AvgIpc) is 2.77. The van der Waals surface area contributed by atoms with E-state index in [4.69, 9.17) is 0 Å². The number of hydrogen-bond donors (Lipinski definition) is 1. The molecule has 1 heterocycles. The summed E-state index contributed by atoms with van der Waals surface area (Å²) in [5.41, 5.74) is 0.943. The van der Waals surface area contributed by atoms with Gasteiger partial charge in [0.15, 0.2) is 0 Å². The number of nitrogens with zero attached hydrogens (tertiary/aromatic N) is 1. The van der Waals surface area contributed by atoms with Crippen molar-refractivity contribution in [3.63, 3.8) is 0 Å². The molecule has 2 rings (SSSR count). The molecule has 0 spiro atoms. The highest BCUT2D eigenvalue weighted by Gasteiger charge is 2.32. The zero-order chi connectivity index (χ0) is 14.0. The Morgan fingerprint density at radius 1 is 1.40 bits per heavy atom. The lowest BCUT2D eigenvalue weighted by molar-refractivity contribution is 0.451. The minimum atomic E-state index is -3.36. The van der Waals surface area contributed by atoms with E-state index in [9.17, 15) is 8.42 Å². The number of sulfonamides is 1. The summed E-state index contributed by atoms with van der Waals surface area (Å²) < 4.78 is 27.5. The predicted molar refractivity (Wildman–Crippen MR) is 86.9 cm³/mol. The molecule has 1 aromatic rings. The van der Waals surface area contributed by atoms with Gasteiger partial charge in [-0.15, -0.1) is 12.4 Å². The van der Waals surface area contributed by atoms with Crippen LogP contribution in [0.25, 0.3) is 0 Å². The highest BCUT2D eigenvalue weighted by atomic mass is 79.9. The number of benzene rings is 1. The highest BCUT2D eigenvalue weighted by molar-refractivity contribution is 9.10. The van der Waals surface area contributed by atoms with E-state index in [1.54, 1.807) is 16.4 Å². The summed E-state index contributed by atoms with van der Waals surface area (Å²) in [4.78, 5) is 0.379. The minimum Gasteiger partial charge on any atom is -0.319 e. The van der Waals surface area contributed by atoms with Crippen molar-refractivity contribution < 1.29 is 8.42 Å². The number of halogens is 2. The second kappa shape index (κ2) is 7.22. The van der Waals surface area contributed by atoms with Gasteiger partial charge in [-0.1, -0.05) is 15.9 Å². The maximum atomic E-state index is 12.6. The van der Waals surface area contributed by atoms with Crippen LogP contribution in [0, 0.1) is 12.8 Å². The third-order valence-corrected chi connectivity index (χ3v) is 5.70. The third kappa shape index (κ3) is 3.95. The summed E-state index contributed by atoms with van der Waals surface area (Å²) in [6.45, 7) is 3.98. The van der Waals surface area contributed by atoms with Crippen LogP contribution in [0.3, 0.4) is 0 Å². The molecule has 1 aliphatic heterocycles. The number of hydrogen-bond acceptors (Lipinski definition) is 3. The van der Waals surface area contributed by atoms with Crippen LogP contribution in [0.1, 0.15) is 12.0 Å². The van der Waals surface area contributed by atoms with Gasteiger partial charge in [0, 0.05) is 17.6 Å². The van der Waals surface area contributed by atoms with Crippen LogP contribution in [0.4, 0.5) is 0 Å². The Labute approximate surface area is 135 Å². The first kappa shape index (κ1) is 17.9. The van der Waals surface area contributed by atoms with Gasteiger partial charge in [-0.25, -0.2) is 8.42 Å². The van der Waals surface area contributed by atoms with Gasteiger partial charge in [0.25, 0.3) is 0 Å². The maximum absolute atomic E-state index is 12.6. The molecule has 1 fully saturated rings. The molecular formula is C13H20BrClN2O2S. The Hall–Kier alpha value is -0.140. The van der Waals surface area contributed by atoms with Gasteiger partial charge in [-0.3, -0.25) is 0 Å². The van der Waals surface area contributed by atoms with Gasteiger partial charge in [-0.2, -0.15) is 4.31 Å². The van der Waals surface area contributed by atoms with Crippen LogP contribution >= 0.6 is 28.3 Å².